The average molecular weight is 240 g/mol. The minimum Gasteiger partial charge on any atom is -0.430 e. The third kappa shape index (κ3) is 1.97. The summed E-state index contributed by atoms with van der Waals surface area (Å²) in [6.07, 6.45) is 3.36. The van der Waals surface area contributed by atoms with Gasteiger partial charge in [-0.1, -0.05) is 13.8 Å². The summed E-state index contributed by atoms with van der Waals surface area (Å²) in [5.41, 5.74) is 2.87. The van der Waals surface area contributed by atoms with Crippen molar-refractivity contribution in [2.24, 2.45) is 0 Å². The molecule has 0 aliphatic carbocycles. The minimum atomic E-state index is 0.354. The van der Waals surface area contributed by atoms with E-state index in [1.165, 1.54) is 0 Å². The molecule has 86 valence electrons. The Bertz CT molecular complexity index is 475. The van der Waals surface area contributed by atoms with E-state index in [2.05, 4.69) is 30.0 Å². The third-order valence-electron chi connectivity index (χ3n) is 2.42. The SMILES string of the molecule is CCc1cc(CC)n(-c2nc(CCl)co2)n1. The van der Waals surface area contributed by atoms with Crippen molar-refractivity contribution in [2.75, 3.05) is 0 Å². The van der Waals surface area contributed by atoms with Crippen LogP contribution in [0.2, 0.25) is 0 Å². The van der Waals surface area contributed by atoms with Crippen LogP contribution in [-0.2, 0) is 18.7 Å². The van der Waals surface area contributed by atoms with E-state index in [1.807, 2.05) is 0 Å². The molecule has 2 aromatic rings. The van der Waals surface area contributed by atoms with Crippen molar-refractivity contribution in [1.82, 2.24) is 14.8 Å². The first-order valence-electron chi connectivity index (χ1n) is 5.37. The number of aromatic nitrogens is 3. The lowest BCUT2D eigenvalue weighted by Crippen LogP contribution is -2.02. The zero-order chi connectivity index (χ0) is 11.5. The van der Waals surface area contributed by atoms with E-state index >= 15 is 0 Å². The molecular formula is C11H14ClN3O. The smallest absolute Gasteiger partial charge is 0.323 e. The van der Waals surface area contributed by atoms with Crippen LogP contribution in [0.4, 0.5) is 0 Å². The second kappa shape index (κ2) is 4.70. The number of alkyl halides is 1. The summed E-state index contributed by atoms with van der Waals surface area (Å²) in [5.74, 6) is 0.354. The van der Waals surface area contributed by atoms with Crippen LogP contribution >= 0.6 is 11.6 Å². The van der Waals surface area contributed by atoms with Gasteiger partial charge in [-0.25, -0.2) is 0 Å². The van der Waals surface area contributed by atoms with Gasteiger partial charge in [-0.15, -0.1) is 11.6 Å². The molecule has 0 spiro atoms. The van der Waals surface area contributed by atoms with Crippen molar-refractivity contribution in [3.05, 3.63) is 29.4 Å². The second-order valence-corrected chi connectivity index (χ2v) is 3.77. The minimum absolute atomic E-state index is 0.354. The van der Waals surface area contributed by atoms with Crippen LogP contribution in [0.5, 0.6) is 0 Å². The van der Waals surface area contributed by atoms with Crippen molar-refractivity contribution in [3.63, 3.8) is 0 Å². The van der Waals surface area contributed by atoms with Crippen LogP contribution in [0.25, 0.3) is 6.01 Å². The molecule has 0 amide bonds. The summed E-state index contributed by atoms with van der Waals surface area (Å²) in [6.45, 7) is 4.16. The van der Waals surface area contributed by atoms with Gasteiger partial charge in [0.15, 0.2) is 0 Å². The molecule has 0 aliphatic heterocycles. The van der Waals surface area contributed by atoms with E-state index in [4.69, 9.17) is 16.0 Å². The fraction of sp³-hybridized carbons (Fsp3) is 0.455. The highest BCUT2D eigenvalue weighted by molar-refractivity contribution is 6.16. The molecule has 0 saturated carbocycles. The van der Waals surface area contributed by atoms with Gasteiger partial charge in [0.05, 0.1) is 17.3 Å². The van der Waals surface area contributed by atoms with E-state index < -0.39 is 0 Å². The molecule has 0 N–H and O–H groups in total. The molecule has 5 heteroatoms. The summed E-state index contributed by atoms with van der Waals surface area (Å²) in [4.78, 5) is 4.26. The topological polar surface area (TPSA) is 43.9 Å². The molecule has 0 unspecified atom stereocenters. The predicted molar refractivity (Wildman–Crippen MR) is 61.9 cm³/mol. The monoisotopic (exact) mass is 239 g/mol. The summed E-state index contributed by atoms with van der Waals surface area (Å²) in [6, 6.07) is 2.57. The summed E-state index contributed by atoms with van der Waals surface area (Å²) >= 11 is 5.68. The molecule has 0 saturated heterocycles. The molecule has 4 nitrogen and oxygen atoms in total. The Morgan fingerprint density at radius 3 is 2.69 bits per heavy atom. The zero-order valence-corrected chi connectivity index (χ0v) is 10.2. The van der Waals surface area contributed by atoms with Gasteiger partial charge >= 0.3 is 6.01 Å². The highest BCUT2D eigenvalue weighted by Crippen LogP contribution is 2.14. The predicted octanol–water partition coefficient (Wildman–Crippen LogP) is 2.72. The lowest BCUT2D eigenvalue weighted by Gasteiger charge is -1.98. The van der Waals surface area contributed by atoms with Gasteiger partial charge in [0.2, 0.25) is 0 Å². The largest absolute Gasteiger partial charge is 0.430 e. The first-order chi connectivity index (χ1) is 7.78. The normalized spacial score (nSPS) is 10.9. The number of halogens is 1. The second-order valence-electron chi connectivity index (χ2n) is 3.50. The Hall–Kier alpha value is -1.29. The molecule has 16 heavy (non-hydrogen) atoms. The van der Waals surface area contributed by atoms with Crippen molar-refractivity contribution in [2.45, 2.75) is 32.6 Å². The van der Waals surface area contributed by atoms with Crippen molar-refractivity contribution in [1.29, 1.82) is 0 Å². The standard InChI is InChI=1S/C11H14ClN3O/c1-3-8-5-10(4-2)15(14-8)11-13-9(6-12)7-16-11/h5,7H,3-4,6H2,1-2H3. The first kappa shape index (κ1) is 11.2. The number of rotatable bonds is 4. The van der Waals surface area contributed by atoms with E-state index in [-0.39, 0.29) is 0 Å². The maximum Gasteiger partial charge on any atom is 0.323 e. The van der Waals surface area contributed by atoms with E-state index in [1.54, 1.807) is 10.9 Å². The van der Waals surface area contributed by atoms with Gasteiger partial charge in [0.1, 0.15) is 6.26 Å². The fourth-order valence-corrected chi connectivity index (χ4v) is 1.64. The average Bonchev–Trinajstić information content (AvgIpc) is 2.94. The van der Waals surface area contributed by atoms with Crippen LogP contribution in [-0.4, -0.2) is 14.8 Å². The molecule has 0 bridgehead atoms. The van der Waals surface area contributed by atoms with Gasteiger partial charge in [0, 0.05) is 5.69 Å². The van der Waals surface area contributed by atoms with Crippen LogP contribution in [0.3, 0.4) is 0 Å². The van der Waals surface area contributed by atoms with Gasteiger partial charge in [-0.05, 0) is 18.9 Å². The molecule has 2 heterocycles. The molecule has 2 aromatic heterocycles. The summed E-state index contributed by atoms with van der Waals surface area (Å²) in [5, 5.41) is 4.43. The maximum atomic E-state index is 5.68. The molecular weight excluding hydrogens is 226 g/mol. The molecule has 0 atom stereocenters. The van der Waals surface area contributed by atoms with Crippen molar-refractivity contribution in [3.8, 4) is 6.01 Å². The highest BCUT2D eigenvalue weighted by Gasteiger charge is 2.12. The van der Waals surface area contributed by atoms with E-state index in [0.29, 0.717) is 11.9 Å². The molecule has 0 radical (unpaired) electrons. The Labute approximate surface area is 99.2 Å². The molecule has 0 aliphatic rings. The van der Waals surface area contributed by atoms with Crippen LogP contribution in [0.15, 0.2) is 16.7 Å². The quantitative estimate of drug-likeness (QED) is 0.771. The van der Waals surface area contributed by atoms with Gasteiger partial charge in [-0.3, -0.25) is 0 Å². The van der Waals surface area contributed by atoms with E-state index in [0.717, 1.165) is 29.9 Å². The van der Waals surface area contributed by atoms with Crippen molar-refractivity contribution >= 4 is 11.6 Å². The zero-order valence-electron chi connectivity index (χ0n) is 9.40. The lowest BCUT2D eigenvalue weighted by atomic mass is 10.3. The molecule has 2 rings (SSSR count). The van der Waals surface area contributed by atoms with Gasteiger partial charge < -0.3 is 4.42 Å². The molecule has 0 fully saturated rings. The number of nitrogens with zero attached hydrogens (tertiary/aromatic N) is 3. The number of oxazole rings is 1. The number of hydrogen-bond donors (Lipinski definition) is 0. The summed E-state index contributed by atoms with van der Waals surface area (Å²) < 4.78 is 7.09. The Kier molecular flexibility index (Phi) is 3.29. The maximum absolute atomic E-state index is 5.68. The van der Waals surface area contributed by atoms with Crippen LogP contribution < -0.4 is 0 Å². The van der Waals surface area contributed by atoms with Gasteiger partial charge in [0.25, 0.3) is 0 Å². The lowest BCUT2D eigenvalue weighted by molar-refractivity contribution is 0.501. The van der Waals surface area contributed by atoms with Crippen LogP contribution in [0.1, 0.15) is 30.9 Å². The first-order valence-corrected chi connectivity index (χ1v) is 5.90. The third-order valence-corrected chi connectivity index (χ3v) is 2.69. The fourth-order valence-electron chi connectivity index (χ4n) is 1.52. The number of aryl methyl sites for hydroxylation is 2. The van der Waals surface area contributed by atoms with E-state index in [9.17, 15) is 0 Å². The Balaban J connectivity index is 2.41. The van der Waals surface area contributed by atoms with Crippen molar-refractivity contribution < 1.29 is 4.42 Å². The molecule has 0 aromatic carbocycles. The Morgan fingerprint density at radius 2 is 2.12 bits per heavy atom. The Morgan fingerprint density at radius 1 is 1.31 bits per heavy atom. The van der Waals surface area contributed by atoms with Gasteiger partial charge in [-0.2, -0.15) is 14.8 Å². The summed E-state index contributed by atoms with van der Waals surface area (Å²) in [7, 11) is 0. The number of hydrogen-bond acceptors (Lipinski definition) is 3. The highest BCUT2D eigenvalue weighted by atomic mass is 35.5. The van der Waals surface area contributed by atoms with Crippen LogP contribution in [0, 0.1) is 0 Å².